The van der Waals surface area contributed by atoms with Gasteiger partial charge >= 0.3 is 0 Å². The first-order valence-corrected chi connectivity index (χ1v) is 11.8. The van der Waals surface area contributed by atoms with E-state index in [0.29, 0.717) is 11.8 Å². The van der Waals surface area contributed by atoms with Crippen LogP contribution >= 0.6 is 0 Å². The Morgan fingerprint density at radius 2 is 0.833 bits per heavy atom. The molecule has 6 nitrogen and oxygen atoms in total. The highest BCUT2D eigenvalue weighted by Gasteiger charge is 2.12. The highest BCUT2D eigenvalue weighted by molar-refractivity contribution is 5.82. The first-order valence-electron chi connectivity index (χ1n) is 11.8. The highest BCUT2D eigenvalue weighted by Crippen LogP contribution is 2.31. The molecule has 2 aromatic heterocycles. The van der Waals surface area contributed by atoms with Crippen LogP contribution in [-0.2, 0) is 0 Å². The highest BCUT2D eigenvalue weighted by atomic mass is 16.4. The lowest BCUT2D eigenvalue weighted by atomic mass is 10.0. The number of fused-ring (bicyclic) bond motifs is 2. The van der Waals surface area contributed by atoms with E-state index >= 15 is 0 Å². The summed E-state index contributed by atoms with van der Waals surface area (Å²) in [4.78, 5) is 13.5. The van der Waals surface area contributed by atoms with Crippen molar-refractivity contribution in [3.8, 4) is 34.0 Å². The molecule has 0 N–H and O–H groups in total. The van der Waals surface area contributed by atoms with Crippen molar-refractivity contribution in [2.75, 3.05) is 38.0 Å². The molecule has 36 heavy (non-hydrogen) atoms. The van der Waals surface area contributed by atoms with Gasteiger partial charge in [-0.3, -0.25) is 0 Å². The van der Waals surface area contributed by atoms with Gasteiger partial charge in [-0.05, 0) is 71.8 Å². The van der Waals surface area contributed by atoms with Gasteiger partial charge in [0.25, 0.3) is 0 Å². The SMILES string of the molecule is CN(C)c1ccc2oc(-c3ccc(-c4ccc(-c5nc6cc(N(C)C)ccc6o5)cc4)cc3)nc2c1. The fourth-order valence-electron chi connectivity index (χ4n) is 4.25. The number of hydrogen-bond donors (Lipinski definition) is 0. The van der Waals surface area contributed by atoms with Gasteiger partial charge in [-0.15, -0.1) is 0 Å². The molecule has 0 bridgehead atoms. The number of anilines is 2. The first kappa shape index (κ1) is 21.9. The Bertz CT molecular complexity index is 1550. The molecule has 0 saturated carbocycles. The molecule has 0 aliphatic carbocycles. The van der Waals surface area contributed by atoms with Crippen LogP contribution in [0.3, 0.4) is 0 Å². The monoisotopic (exact) mass is 474 g/mol. The Kier molecular flexibility index (Phi) is 5.22. The van der Waals surface area contributed by atoms with E-state index in [0.717, 1.165) is 55.8 Å². The molecule has 178 valence electrons. The Balaban J connectivity index is 1.24. The molecule has 0 saturated heterocycles. The van der Waals surface area contributed by atoms with E-state index < -0.39 is 0 Å². The van der Waals surface area contributed by atoms with Crippen LogP contribution in [-0.4, -0.2) is 38.2 Å². The van der Waals surface area contributed by atoms with Crippen molar-refractivity contribution in [1.82, 2.24) is 9.97 Å². The number of hydrogen-bond acceptors (Lipinski definition) is 6. The number of oxazole rings is 2. The van der Waals surface area contributed by atoms with Crippen molar-refractivity contribution in [3.05, 3.63) is 84.9 Å². The van der Waals surface area contributed by atoms with E-state index in [4.69, 9.17) is 18.8 Å². The van der Waals surface area contributed by atoms with Gasteiger partial charge in [0, 0.05) is 50.7 Å². The summed E-state index contributed by atoms with van der Waals surface area (Å²) in [6.45, 7) is 0. The topological polar surface area (TPSA) is 58.5 Å². The number of rotatable bonds is 5. The van der Waals surface area contributed by atoms with Gasteiger partial charge < -0.3 is 18.6 Å². The summed E-state index contributed by atoms with van der Waals surface area (Å²) in [5.74, 6) is 1.24. The van der Waals surface area contributed by atoms with Gasteiger partial charge in [-0.1, -0.05) is 24.3 Å². The summed E-state index contributed by atoms with van der Waals surface area (Å²) in [7, 11) is 8.06. The predicted molar refractivity (Wildman–Crippen MR) is 147 cm³/mol. The van der Waals surface area contributed by atoms with E-state index in [1.807, 2.05) is 88.9 Å². The van der Waals surface area contributed by atoms with E-state index in [2.05, 4.69) is 34.1 Å². The first-order chi connectivity index (χ1) is 17.4. The molecular weight excluding hydrogens is 448 g/mol. The fraction of sp³-hybridized carbons (Fsp3) is 0.133. The van der Waals surface area contributed by atoms with E-state index in [9.17, 15) is 0 Å². The van der Waals surface area contributed by atoms with E-state index in [1.165, 1.54) is 0 Å². The molecule has 0 amide bonds. The Morgan fingerprint density at radius 1 is 0.472 bits per heavy atom. The largest absolute Gasteiger partial charge is 0.436 e. The Hall–Kier alpha value is -4.58. The zero-order valence-corrected chi connectivity index (χ0v) is 20.7. The summed E-state index contributed by atoms with van der Waals surface area (Å²) in [6.07, 6.45) is 0. The lowest BCUT2D eigenvalue weighted by Gasteiger charge is -2.10. The van der Waals surface area contributed by atoms with E-state index in [-0.39, 0.29) is 0 Å². The molecule has 4 aromatic carbocycles. The molecule has 0 atom stereocenters. The van der Waals surface area contributed by atoms with Crippen LogP contribution in [0, 0.1) is 0 Å². The van der Waals surface area contributed by atoms with Gasteiger partial charge in [0.15, 0.2) is 11.2 Å². The second kappa shape index (κ2) is 8.57. The molecule has 0 aliphatic heterocycles. The van der Waals surface area contributed by atoms with Crippen molar-refractivity contribution >= 4 is 33.6 Å². The van der Waals surface area contributed by atoms with Crippen LogP contribution in [0.15, 0.2) is 93.8 Å². The lowest BCUT2D eigenvalue weighted by molar-refractivity contribution is 0.619. The van der Waals surface area contributed by atoms with Crippen LogP contribution in [0.1, 0.15) is 0 Å². The Morgan fingerprint density at radius 3 is 1.19 bits per heavy atom. The molecule has 6 rings (SSSR count). The fourth-order valence-corrected chi connectivity index (χ4v) is 4.25. The summed E-state index contributed by atoms with van der Waals surface area (Å²) >= 11 is 0. The standard InChI is InChI=1S/C30H26N4O2/c1-33(2)23-13-15-27-25(17-23)31-29(35-27)21-9-5-19(6-10-21)20-7-11-22(12-8-20)30-32-26-18-24(34(3)4)14-16-28(26)36-30/h5-18H,1-4H3. The van der Waals surface area contributed by atoms with Gasteiger partial charge in [-0.25, -0.2) is 9.97 Å². The van der Waals surface area contributed by atoms with Gasteiger partial charge in [-0.2, -0.15) is 0 Å². The maximum atomic E-state index is 5.99. The molecule has 0 unspecified atom stereocenters. The second-order valence-electron chi connectivity index (χ2n) is 9.29. The minimum Gasteiger partial charge on any atom is -0.436 e. The predicted octanol–water partition coefficient (Wildman–Crippen LogP) is 7.10. The van der Waals surface area contributed by atoms with Crippen LogP contribution in [0.2, 0.25) is 0 Å². The summed E-state index contributed by atoms with van der Waals surface area (Å²) in [5.41, 5.74) is 9.59. The average molecular weight is 475 g/mol. The van der Waals surface area contributed by atoms with Gasteiger partial charge in [0.05, 0.1) is 0 Å². The maximum Gasteiger partial charge on any atom is 0.227 e. The van der Waals surface area contributed by atoms with Crippen LogP contribution < -0.4 is 9.80 Å². The summed E-state index contributed by atoms with van der Waals surface area (Å²) in [5, 5.41) is 0. The third-order valence-electron chi connectivity index (χ3n) is 6.37. The van der Waals surface area contributed by atoms with Crippen molar-refractivity contribution in [3.63, 3.8) is 0 Å². The third-order valence-corrected chi connectivity index (χ3v) is 6.37. The number of aromatic nitrogens is 2. The molecular formula is C30H26N4O2. The molecule has 0 aliphatic rings. The van der Waals surface area contributed by atoms with Crippen LogP contribution in [0.5, 0.6) is 0 Å². The average Bonchev–Trinajstić information content (AvgIpc) is 3.52. The second-order valence-corrected chi connectivity index (χ2v) is 9.29. The summed E-state index contributed by atoms with van der Waals surface area (Å²) < 4.78 is 12.0. The minimum atomic E-state index is 0.621. The van der Waals surface area contributed by atoms with Crippen LogP contribution in [0.25, 0.3) is 56.2 Å². The van der Waals surface area contributed by atoms with Gasteiger partial charge in [0.1, 0.15) is 11.0 Å². The van der Waals surface area contributed by atoms with Crippen molar-refractivity contribution in [2.24, 2.45) is 0 Å². The molecule has 2 heterocycles. The molecule has 6 aromatic rings. The van der Waals surface area contributed by atoms with Crippen molar-refractivity contribution < 1.29 is 8.83 Å². The van der Waals surface area contributed by atoms with Crippen molar-refractivity contribution in [2.45, 2.75) is 0 Å². The Labute approximate surface area is 209 Å². The maximum absolute atomic E-state index is 5.99. The van der Waals surface area contributed by atoms with E-state index in [1.54, 1.807) is 0 Å². The zero-order valence-electron chi connectivity index (χ0n) is 20.7. The molecule has 6 heteroatoms. The number of benzene rings is 4. The number of nitrogens with zero attached hydrogens (tertiary/aromatic N) is 4. The van der Waals surface area contributed by atoms with Crippen molar-refractivity contribution in [1.29, 1.82) is 0 Å². The molecule has 0 spiro atoms. The smallest absolute Gasteiger partial charge is 0.227 e. The quantitative estimate of drug-likeness (QED) is 0.266. The summed E-state index contributed by atoms with van der Waals surface area (Å²) in [6, 6.07) is 28.6. The molecule has 0 fully saturated rings. The van der Waals surface area contributed by atoms with Crippen LogP contribution in [0.4, 0.5) is 11.4 Å². The minimum absolute atomic E-state index is 0.621. The van der Waals surface area contributed by atoms with Gasteiger partial charge in [0.2, 0.25) is 11.8 Å². The third kappa shape index (κ3) is 3.96. The zero-order chi connectivity index (χ0) is 24.8. The normalized spacial score (nSPS) is 11.3. The molecule has 0 radical (unpaired) electrons. The lowest BCUT2D eigenvalue weighted by Crippen LogP contribution is -2.07.